The van der Waals surface area contributed by atoms with Crippen LogP contribution >= 0.6 is 0 Å². The van der Waals surface area contributed by atoms with Gasteiger partial charge in [0, 0.05) is 5.92 Å². The van der Waals surface area contributed by atoms with Crippen molar-refractivity contribution in [3.8, 4) is 6.07 Å². The maximum atomic E-state index is 8.26. The molecule has 1 heteroatoms. The molecular weight excluding hydrogens is 86.1 g/mol. The Morgan fingerprint density at radius 1 is 1.29 bits per heavy atom. The zero-order chi connectivity index (χ0) is 5.86. The first-order chi connectivity index (χ1) is 3.18. The first-order valence-corrected chi connectivity index (χ1v) is 2.58. The van der Waals surface area contributed by atoms with Crippen molar-refractivity contribution < 1.29 is 0 Å². The zero-order valence-corrected chi connectivity index (χ0v) is 5.10. The van der Waals surface area contributed by atoms with Gasteiger partial charge in [0.15, 0.2) is 0 Å². The smallest absolute Gasteiger partial charge is 0.0655 e. The second-order valence-electron chi connectivity index (χ2n) is 2.16. The van der Waals surface area contributed by atoms with Gasteiger partial charge < -0.3 is 0 Å². The molecule has 7 heavy (non-hydrogen) atoms. The molecular formula is C6H11N. The molecule has 0 aromatic carbocycles. The molecule has 0 amide bonds. The van der Waals surface area contributed by atoms with E-state index in [9.17, 15) is 0 Å². The molecule has 0 radical (unpaired) electrons. The third kappa shape index (κ3) is 2.22. The number of nitrogens with zero attached hydrogens (tertiary/aromatic N) is 1. The van der Waals surface area contributed by atoms with E-state index in [1.165, 1.54) is 0 Å². The van der Waals surface area contributed by atoms with Crippen LogP contribution in [0.5, 0.6) is 0 Å². The second-order valence-corrected chi connectivity index (χ2v) is 2.16. The Labute approximate surface area is 45.0 Å². The molecule has 0 bridgehead atoms. The summed E-state index contributed by atoms with van der Waals surface area (Å²) in [4.78, 5) is 0. The Morgan fingerprint density at radius 3 is 1.71 bits per heavy atom. The molecule has 0 aliphatic rings. The summed E-state index contributed by atoms with van der Waals surface area (Å²) in [7, 11) is 0. The van der Waals surface area contributed by atoms with E-state index >= 15 is 0 Å². The van der Waals surface area contributed by atoms with Gasteiger partial charge in [0.2, 0.25) is 0 Å². The fraction of sp³-hybridized carbons (Fsp3) is 0.833. The first kappa shape index (κ1) is 6.49. The molecule has 1 nitrogen and oxygen atoms in total. The van der Waals surface area contributed by atoms with Crippen molar-refractivity contribution in [2.24, 2.45) is 11.8 Å². The molecule has 0 aliphatic heterocycles. The highest BCUT2D eigenvalue weighted by molar-refractivity contribution is 4.80. The Hall–Kier alpha value is -0.510. The van der Waals surface area contributed by atoms with Gasteiger partial charge in [-0.3, -0.25) is 0 Å². The minimum atomic E-state index is 0.208. The summed E-state index contributed by atoms with van der Waals surface area (Å²) in [6.07, 6.45) is 0. The van der Waals surface area contributed by atoms with Crippen LogP contribution in [0.2, 0.25) is 0 Å². The molecule has 0 aromatic rings. The van der Waals surface area contributed by atoms with Crippen molar-refractivity contribution >= 4 is 0 Å². The van der Waals surface area contributed by atoms with Crippen LogP contribution in [-0.4, -0.2) is 0 Å². The second kappa shape index (κ2) is 2.63. The summed E-state index contributed by atoms with van der Waals surface area (Å²) in [5.41, 5.74) is 0. The van der Waals surface area contributed by atoms with Crippen LogP contribution in [0.3, 0.4) is 0 Å². The van der Waals surface area contributed by atoms with E-state index < -0.39 is 0 Å². The van der Waals surface area contributed by atoms with Crippen molar-refractivity contribution in [1.82, 2.24) is 0 Å². The van der Waals surface area contributed by atoms with Gasteiger partial charge in [-0.2, -0.15) is 5.26 Å². The quantitative estimate of drug-likeness (QED) is 0.489. The predicted octanol–water partition coefficient (Wildman–Crippen LogP) is 1.80. The van der Waals surface area contributed by atoms with Gasteiger partial charge in [0.1, 0.15) is 0 Å². The van der Waals surface area contributed by atoms with E-state index in [0.29, 0.717) is 5.92 Å². The normalized spacial score (nSPS) is 13.6. The standard InChI is InChI=1S/C6H11N/c1-5(2)6(3)4-7/h5-6H,1-3H3/t6-/m1/s1. The predicted molar refractivity (Wildman–Crippen MR) is 29.6 cm³/mol. The maximum Gasteiger partial charge on any atom is 0.0655 e. The zero-order valence-electron chi connectivity index (χ0n) is 5.10. The largest absolute Gasteiger partial charge is 0.198 e. The van der Waals surface area contributed by atoms with Crippen molar-refractivity contribution in [3.05, 3.63) is 0 Å². The molecule has 1 atom stereocenters. The lowest BCUT2D eigenvalue weighted by atomic mass is 10.0. The van der Waals surface area contributed by atoms with Gasteiger partial charge in [0.25, 0.3) is 0 Å². The summed E-state index contributed by atoms with van der Waals surface area (Å²) in [6.45, 7) is 6.03. The highest BCUT2D eigenvalue weighted by Crippen LogP contribution is 2.05. The van der Waals surface area contributed by atoms with Crippen molar-refractivity contribution in [1.29, 1.82) is 5.26 Å². The highest BCUT2D eigenvalue weighted by Gasteiger charge is 2.02. The van der Waals surface area contributed by atoms with Gasteiger partial charge in [-0.15, -0.1) is 0 Å². The summed E-state index contributed by atoms with van der Waals surface area (Å²) in [5.74, 6) is 0.713. The van der Waals surface area contributed by atoms with Crippen LogP contribution in [0.1, 0.15) is 20.8 Å². The molecule has 0 N–H and O–H groups in total. The number of hydrogen-bond donors (Lipinski definition) is 0. The van der Waals surface area contributed by atoms with Crippen LogP contribution < -0.4 is 0 Å². The van der Waals surface area contributed by atoms with E-state index in [1.54, 1.807) is 0 Å². The molecule has 0 fully saturated rings. The van der Waals surface area contributed by atoms with E-state index in [1.807, 2.05) is 20.8 Å². The van der Waals surface area contributed by atoms with Gasteiger partial charge in [-0.25, -0.2) is 0 Å². The lowest BCUT2D eigenvalue weighted by molar-refractivity contribution is 0.515. The molecule has 0 aliphatic carbocycles. The minimum Gasteiger partial charge on any atom is -0.198 e. The molecule has 0 unspecified atom stereocenters. The van der Waals surface area contributed by atoms with Crippen molar-refractivity contribution in [2.45, 2.75) is 20.8 Å². The highest BCUT2D eigenvalue weighted by atomic mass is 14.3. The fourth-order valence-corrected chi connectivity index (χ4v) is 0.149. The molecule has 0 saturated carbocycles. The SMILES string of the molecule is CC(C)[C@H](C)C#N. The Morgan fingerprint density at radius 2 is 1.71 bits per heavy atom. The molecule has 0 saturated heterocycles. The lowest BCUT2D eigenvalue weighted by Crippen LogP contribution is -1.98. The van der Waals surface area contributed by atoms with Gasteiger partial charge in [-0.1, -0.05) is 13.8 Å². The van der Waals surface area contributed by atoms with E-state index in [0.717, 1.165) is 0 Å². The van der Waals surface area contributed by atoms with Gasteiger partial charge in [0.05, 0.1) is 6.07 Å². The minimum absolute atomic E-state index is 0.208. The van der Waals surface area contributed by atoms with Gasteiger partial charge >= 0.3 is 0 Å². The number of nitriles is 1. The topological polar surface area (TPSA) is 23.8 Å². The fourth-order valence-electron chi connectivity index (χ4n) is 0.149. The van der Waals surface area contributed by atoms with Crippen LogP contribution in [0.25, 0.3) is 0 Å². The Bertz CT molecular complexity index is 78.7. The number of hydrogen-bond acceptors (Lipinski definition) is 1. The maximum absolute atomic E-state index is 8.26. The molecule has 0 rings (SSSR count). The average Bonchev–Trinajstić information content (AvgIpc) is 1.65. The first-order valence-electron chi connectivity index (χ1n) is 2.58. The Balaban J connectivity index is 3.40. The third-order valence-electron chi connectivity index (χ3n) is 1.20. The third-order valence-corrected chi connectivity index (χ3v) is 1.20. The van der Waals surface area contributed by atoms with E-state index in [4.69, 9.17) is 5.26 Å². The average molecular weight is 97.2 g/mol. The van der Waals surface area contributed by atoms with Gasteiger partial charge in [-0.05, 0) is 12.8 Å². The summed E-state index contributed by atoms with van der Waals surface area (Å²) in [5, 5.41) is 8.26. The molecule has 0 aromatic heterocycles. The van der Waals surface area contributed by atoms with Crippen LogP contribution in [0.4, 0.5) is 0 Å². The summed E-state index contributed by atoms with van der Waals surface area (Å²) in [6, 6.07) is 2.16. The van der Waals surface area contributed by atoms with Crippen LogP contribution in [-0.2, 0) is 0 Å². The summed E-state index contributed by atoms with van der Waals surface area (Å²) < 4.78 is 0. The molecule has 0 spiro atoms. The molecule has 40 valence electrons. The van der Waals surface area contributed by atoms with Crippen molar-refractivity contribution in [2.75, 3.05) is 0 Å². The van der Waals surface area contributed by atoms with Crippen LogP contribution in [0.15, 0.2) is 0 Å². The van der Waals surface area contributed by atoms with Crippen LogP contribution in [0, 0.1) is 23.2 Å². The summed E-state index contributed by atoms with van der Waals surface area (Å²) >= 11 is 0. The molecule has 0 heterocycles. The monoisotopic (exact) mass is 97.1 g/mol. The van der Waals surface area contributed by atoms with Crippen molar-refractivity contribution in [3.63, 3.8) is 0 Å². The Kier molecular flexibility index (Phi) is 2.44. The van der Waals surface area contributed by atoms with E-state index in [-0.39, 0.29) is 5.92 Å². The lowest BCUT2D eigenvalue weighted by Gasteiger charge is -2.02. The number of rotatable bonds is 1. The van der Waals surface area contributed by atoms with E-state index in [2.05, 4.69) is 6.07 Å².